The molecule has 1 heterocycles. The summed E-state index contributed by atoms with van der Waals surface area (Å²) in [6.45, 7) is 3.36. The van der Waals surface area contributed by atoms with Gasteiger partial charge in [0.25, 0.3) is 5.91 Å². The molecule has 0 bridgehead atoms. The van der Waals surface area contributed by atoms with E-state index in [0.29, 0.717) is 49.3 Å². The van der Waals surface area contributed by atoms with Gasteiger partial charge in [0.15, 0.2) is 23.2 Å². The van der Waals surface area contributed by atoms with Gasteiger partial charge in [-0.15, -0.1) is 0 Å². The molecule has 2 aromatic rings. The molecule has 8 heteroatoms. The fraction of sp³-hybridized carbons (Fsp3) is 0.368. The molecule has 1 amide bonds. The smallest absolute Gasteiger partial charge is 0.287 e. The molecule has 1 aromatic carbocycles. The van der Waals surface area contributed by atoms with Gasteiger partial charge in [-0.2, -0.15) is 0 Å². The number of guanidine groups is 1. The number of hydrogen-bond acceptors (Lipinski definition) is 5. The van der Waals surface area contributed by atoms with Gasteiger partial charge in [-0.1, -0.05) is 6.07 Å². The molecule has 1 aromatic heterocycles. The Balaban J connectivity index is 1.70. The fourth-order valence-corrected chi connectivity index (χ4v) is 2.40. The quantitative estimate of drug-likeness (QED) is 0.351. The van der Waals surface area contributed by atoms with Gasteiger partial charge in [0, 0.05) is 18.7 Å². The Labute approximate surface area is 158 Å². The SMILES string of the molecule is COc1ccc(CN=C(N)NCCCNC(=O)c2occc2C)cc1OC. The predicted octanol–water partition coefficient (Wildman–Crippen LogP) is 1.83. The number of nitrogens with two attached hydrogens (primary N) is 1. The third kappa shape index (κ3) is 5.95. The molecule has 8 nitrogen and oxygen atoms in total. The number of carbonyl (C=O) groups is 1. The van der Waals surface area contributed by atoms with E-state index in [1.165, 1.54) is 6.26 Å². The van der Waals surface area contributed by atoms with Crippen molar-refractivity contribution >= 4 is 11.9 Å². The number of ether oxygens (including phenoxy) is 2. The Hall–Kier alpha value is -3.16. The summed E-state index contributed by atoms with van der Waals surface area (Å²) in [5, 5.41) is 5.82. The average Bonchev–Trinajstić information content (AvgIpc) is 3.11. The van der Waals surface area contributed by atoms with Crippen LogP contribution in [-0.4, -0.2) is 39.2 Å². The number of carbonyl (C=O) groups excluding carboxylic acids is 1. The van der Waals surface area contributed by atoms with Crippen molar-refractivity contribution in [1.29, 1.82) is 0 Å². The normalized spacial score (nSPS) is 11.1. The third-order valence-electron chi connectivity index (χ3n) is 3.89. The summed E-state index contributed by atoms with van der Waals surface area (Å²) < 4.78 is 15.6. The van der Waals surface area contributed by atoms with Crippen molar-refractivity contribution in [2.24, 2.45) is 10.7 Å². The summed E-state index contributed by atoms with van der Waals surface area (Å²) >= 11 is 0. The number of nitrogens with zero attached hydrogens (tertiary/aromatic N) is 1. The zero-order valence-corrected chi connectivity index (χ0v) is 15.9. The van der Waals surface area contributed by atoms with E-state index in [1.54, 1.807) is 20.3 Å². The zero-order valence-electron chi connectivity index (χ0n) is 15.9. The maximum absolute atomic E-state index is 11.9. The molecule has 4 N–H and O–H groups in total. The minimum atomic E-state index is -0.215. The molecule has 0 atom stereocenters. The van der Waals surface area contributed by atoms with Gasteiger partial charge in [-0.25, -0.2) is 4.99 Å². The molecule has 0 spiro atoms. The second kappa shape index (κ2) is 10.1. The van der Waals surface area contributed by atoms with E-state index in [2.05, 4.69) is 15.6 Å². The molecule has 0 unspecified atom stereocenters. The second-order valence-corrected chi connectivity index (χ2v) is 5.86. The molecular weight excluding hydrogens is 348 g/mol. The minimum Gasteiger partial charge on any atom is -0.493 e. The first-order valence-corrected chi connectivity index (χ1v) is 8.62. The van der Waals surface area contributed by atoms with E-state index in [-0.39, 0.29) is 5.91 Å². The Morgan fingerprint density at radius 3 is 2.56 bits per heavy atom. The number of nitrogens with one attached hydrogen (secondary N) is 2. The Bertz CT molecular complexity index is 786. The van der Waals surface area contributed by atoms with Gasteiger partial charge in [0.1, 0.15) is 0 Å². The first-order valence-electron chi connectivity index (χ1n) is 8.62. The lowest BCUT2D eigenvalue weighted by Gasteiger charge is -2.09. The summed E-state index contributed by atoms with van der Waals surface area (Å²) in [5.74, 6) is 1.80. The molecule has 0 aliphatic heterocycles. The van der Waals surface area contributed by atoms with Crippen molar-refractivity contribution in [1.82, 2.24) is 10.6 Å². The number of amides is 1. The van der Waals surface area contributed by atoms with Crippen LogP contribution in [0.3, 0.4) is 0 Å². The molecule has 0 saturated heterocycles. The first-order chi connectivity index (χ1) is 13.0. The molecule has 27 heavy (non-hydrogen) atoms. The summed E-state index contributed by atoms with van der Waals surface area (Å²) in [4.78, 5) is 16.2. The van der Waals surface area contributed by atoms with E-state index in [4.69, 9.17) is 19.6 Å². The number of benzene rings is 1. The van der Waals surface area contributed by atoms with E-state index < -0.39 is 0 Å². The van der Waals surface area contributed by atoms with Crippen LogP contribution in [0.2, 0.25) is 0 Å². The maximum atomic E-state index is 11.9. The Morgan fingerprint density at radius 2 is 1.89 bits per heavy atom. The highest BCUT2D eigenvalue weighted by atomic mass is 16.5. The van der Waals surface area contributed by atoms with Crippen LogP contribution in [-0.2, 0) is 6.54 Å². The molecule has 146 valence electrons. The van der Waals surface area contributed by atoms with Gasteiger partial charge >= 0.3 is 0 Å². The lowest BCUT2D eigenvalue weighted by molar-refractivity contribution is 0.0925. The zero-order chi connectivity index (χ0) is 19.6. The highest BCUT2D eigenvalue weighted by Crippen LogP contribution is 2.27. The molecule has 0 aliphatic rings. The topological polar surface area (TPSA) is 111 Å². The summed E-state index contributed by atoms with van der Waals surface area (Å²) in [6, 6.07) is 7.36. The molecular formula is C19H26N4O4. The summed E-state index contributed by atoms with van der Waals surface area (Å²) in [5.41, 5.74) is 7.64. The van der Waals surface area contributed by atoms with E-state index >= 15 is 0 Å². The van der Waals surface area contributed by atoms with Crippen LogP contribution in [0.25, 0.3) is 0 Å². The second-order valence-electron chi connectivity index (χ2n) is 5.86. The first kappa shape index (κ1) is 20.2. The predicted molar refractivity (Wildman–Crippen MR) is 103 cm³/mol. The van der Waals surface area contributed by atoms with E-state index in [0.717, 1.165) is 11.1 Å². The van der Waals surface area contributed by atoms with Crippen molar-refractivity contribution in [3.05, 3.63) is 47.4 Å². The van der Waals surface area contributed by atoms with Crippen molar-refractivity contribution in [3.63, 3.8) is 0 Å². The number of methoxy groups -OCH3 is 2. The Kier molecular flexibility index (Phi) is 7.54. The molecule has 2 rings (SSSR count). The van der Waals surface area contributed by atoms with Gasteiger partial charge in [-0.05, 0) is 37.1 Å². The van der Waals surface area contributed by atoms with Gasteiger partial charge in [0.2, 0.25) is 0 Å². The molecule has 0 fully saturated rings. The summed E-state index contributed by atoms with van der Waals surface area (Å²) in [6.07, 6.45) is 2.21. The Morgan fingerprint density at radius 1 is 1.15 bits per heavy atom. The number of furan rings is 1. The number of aryl methyl sites for hydroxylation is 1. The monoisotopic (exact) mass is 374 g/mol. The van der Waals surface area contributed by atoms with Crippen LogP contribution in [0.15, 0.2) is 39.9 Å². The number of rotatable bonds is 9. The van der Waals surface area contributed by atoms with Crippen molar-refractivity contribution < 1.29 is 18.7 Å². The third-order valence-corrected chi connectivity index (χ3v) is 3.89. The molecule has 0 saturated carbocycles. The van der Waals surface area contributed by atoms with Crippen LogP contribution in [0.5, 0.6) is 11.5 Å². The fourth-order valence-electron chi connectivity index (χ4n) is 2.40. The molecule has 0 radical (unpaired) electrons. The number of aliphatic imine (C=N–C) groups is 1. The van der Waals surface area contributed by atoms with Crippen LogP contribution in [0, 0.1) is 6.92 Å². The van der Waals surface area contributed by atoms with E-state index in [9.17, 15) is 4.79 Å². The largest absolute Gasteiger partial charge is 0.493 e. The molecule has 0 aliphatic carbocycles. The standard InChI is InChI=1S/C19H26N4O4/c1-13-7-10-27-17(13)18(24)21-8-4-9-22-19(20)23-12-14-5-6-15(25-2)16(11-14)26-3/h5-7,10-11H,4,8-9,12H2,1-3H3,(H,21,24)(H3,20,22,23). The van der Waals surface area contributed by atoms with Gasteiger partial charge < -0.3 is 30.3 Å². The van der Waals surface area contributed by atoms with E-state index in [1.807, 2.05) is 25.1 Å². The van der Waals surface area contributed by atoms with Crippen molar-refractivity contribution in [2.75, 3.05) is 27.3 Å². The highest BCUT2D eigenvalue weighted by molar-refractivity contribution is 5.92. The van der Waals surface area contributed by atoms with Crippen LogP contribution >= 0.6 is 0 Å². The maximum Gasteiger partial charge on any atom is 0.287 e. The van der Waals surface area contributed by atoms with Gasteiger partial charge in [0.05, 0.1) is 27.0 Å². The van der Waals surface area contributed by atoms with Crippen LogP contribution in [0.1, 0.15) is 28.1 Å². The number of hydrogen-bond donors (Lipinski definition) is 3. The lowest BCUT2D eigenvalue weighted by Crippen LogP contribution is -2.34. The summed E-state index contributed by atoms with van der Waals surface area (Å²) in [7, 11) is 3.18. The van der Waals surface area contributed by atoms with Crippen molar-refractivity contribution in [2.45, 2.75) is 19.9 Å². The lowest BCUT2D eigenvalue weighted by atomic mass is 10.2. The highest BCUT2D eigenvalue weighted by Gasteiger charge is 2.11. The average molecular weight is 374 g/mol. The minimum absolute atomic E-state index is 0.215. The van der Waals surface area contributed by atoms with Crippen LogP contribution in [0.4, 0.5) is 0 Å². The van der Waals surface area contributed by atoms with Gasteiger partial charge in [-0.3, -0.25) is 4.79 Å². The van der Waals surface area contributed by atoms with Crippen LogP contribution < -0.4 is 25.8 Å². The van der Waals surface area contributed by atoms with Crippen molar-refractivity contribution in [3.8, 4) is 11.5 Å².